The van der Waals surface area contributed by atoms with Gasteiger partial charge in [0.1, 0.15) is 16.5 Å². The quantitative estimate of drug-likeness (QED) is 0.933. The summed E-state index contributed by atoms with van der Waals surface area (Å²) in [4.78, 5) is 7.83. The van der Waals surface area contributed by atoms with Crippen LogP contribution in [0.3, 0.4) is 0 Å². The number of aromatic nitrogens is 2. The van der Waals surface area contributed by atoms with E-state index < -0.39 is 0 Å². The molecule has 2 N–H and O–H groups in total. The molecule has 0 bridgehead atoms. The van der Waals surface area contributed by atoms with E-state index in [0.717, 1.165) is 11.3 Å². The van der Waals surface area contributed by atoms with Crippen molar-refractivity contribution in [3.05, 3.63) is 35.0 Å². The Hall–Kier alpha value is -2.01. The normalized spacial score (nSPS) is 11.3. The van der Waals surface area contributed by atoms with E-state index in [1.807, 2.05) is 18.2 Å². The third-order valence-corrected chi connectivity index (χ3v) is 3.19. The van der Waals surface area contributed by atoms with E-state index in [4.69, 9.17) is 26.8 Å². The summed E-state index contributed by atoms with van der Waals surface area (Å²) in [5.41, 5.74) is 6.42. The van der Waals surface area contributed by atoms with Gasteiger partial charge in [0.15, 0.2) is 0 Å². The number of nitrogens with two attached hydrogens (primary N) is 1. The van der Waals surface area contributed by atoms with Crippen LogP contribution in [0.2, 0.25) is 5.02 Å². The SMILES string of the molecule is COc1ccc(Oc2nc(N)ncc2Cl)c(C(C)(C)C)c1. The Morgan fingerprint density at radius 1 is 1.24 bits per heavy atom. The number of methoxy groups -OCH3 is 1. The predicted molar refractivity (Wildman–Crippen MR) is 83.2 cm³/mol. The van der Waals surface area contributed by atoms with Crippen molar-refractivity contribution >= 4 is 17.5 Å². The summed E-state index contributed by atoms with van der Waals surface area (Å²) in [6.45, 7) is 6.26. The van der Waals surface area contributed by atoms with Gasteiger partial charge < -0.3 is 15.2 Å². The van der Waals surface area contributed by atoms with Crippen molar-refractivity contribution in [1.29, 1.82) is 0 Å². The van der Waals surface area contributed by atoms with E-state index >= 15 is 0 Å². The number of rotatable bonds is 3. The minimum Gasteiger partial charge on any atom is -0.497 e. The minimum atomic E-state index is -0.130. The van der Waals surface area contributed by atoms with E-state index in [2.05, 4.69) is 30.7 Å². The molecular formula is C15H18ClN3O2. The largest absolute Gasteiger partial charge is 0.497 e. The number of ether oxygens (including phenoxy) is 2. The molecule has 0 saturated heterocycles. The lowest BCUT2D eigenvalue weighted by Crippen LogP contribution is -2.13. The average molecular weight is 308 g/mol. The Morgan fingerprint density at radius 2 is 1.95 bits per heavy atom. The van der Waals surface area contributed by atoms with Crippen LogP contribution >= 0.6 is 11.6 Å². The molecule has 5 nitrogen and oxygen atoms in total. The first kappa shape index (κ1) is 15.4. The van der Waals surface area contributed by atoms with Crippen molar-refractivity contribution in [3.8, 4) is 17.4 Å². The second-order valence-electron chi connectivity index (χ2n) is 5.60. The van der Waals surface area contributed by atoms with Crippen molar-refractivity contribution in [1.82, 2.24) is 9.97 Å². The maximum Gasteiger partial charge on any atom is 0.243 e. The zero-order valence-electron chi connectivity index (χ0n) is 12.5. The van der Waals surface area contributed by atoms with Crippen LogP contribution < -0.4 is 15.2 Å². The molecule has 2 rings (SSSR count). The zero-order chi connectivity index (χ0) is 15.6. The van der Waals surface area contributed by atoms with Crippen LogP contribution in [0.15, 0.2) is 24.4 Å². The molecule has 0 saturated carbocycles. The number of nitrogen functional groups attached to an aromatic ring is 1. The molecule has 1 heterocycles. The lowest BCUT2D eigenvalue weighted by molar-refractivity contribution is 0.405. The highest BCUT2D eigenvalue weighted by Gasteiger charge is 2.21. The first-order chi connectivity index (χ1) is 9.81. The number of halogens is 1. The fourth-order valence-corrected chi connectivity index (χ4v) is 1.98. The summed E-state index contributed by atoms with van der Waals surface area (Å²) in [5, 5.41) is 0.305. The second kappa shape index (κ2) is 5.77. The maximum absolute atomic E-state index is 6.04. The van der Waals surface area contributed by atoms with Gasteiger partial charge in [-0.15, -0.1) is 0 Å². The van der Waals surface area contributed by atoms with Crippen LogP contribution in [-0.4, -0.2) is 17.1 Å². The Labute approximate surface area is 129 Å². The first-order valence-electron chi connectivity index (χ1n) is 6.45. The van der Waals surface area contributed by atoms with Gasteiger partial charge in [-0.3, -0.25) is 0 Å². The topological polar surface area (TPSA) is 70.3 Å². The van der Waals surface area contributed by atoms with Gasteiger partial charge in [-0.25, -0.2) is 4.98 Å². The van der Waals surface area contributed by atoms with E-state index in [1.165, 1.54) is 6.20 Å². The van der Waals surface area contributed by atoms with Crippen LogP contribution in [-0.2, 0) is 5.41 Å². The minimum absolute atomic E-state index is 0.111. The highest BCUT2D eigenvalue weighted by molar-refractivity contribution is 6.31. The standard InChI is InChI=1S/C15H18ClN3O2/c1-15(2,3)10-7-9(20-4)5-6-12(10)21-13-11(16)8-18-14(17)19-13/h5-8H,1-4H3,(H2,17,18,19). The Morgan fingerprint density at radius 3 is 2.57 bits per heavy atom. The van der Waals surface area contributed by atoms with Crippen LogP contribution in [0, 0.1) is 0 Å². The van der Waals surface area contributed by atoms with Gasteiger partial charge in [-0.1, -0.05) is 32.4 Å². The van der Waals surface area contributed by atoms with Crippen LogP contribution in [0.1, 0.15) is 26.3 Å². The molecular weight excluding hydrogens is 290 g/mol. The lowest BCUT2D eigenvalue weighted by atomic mass is 9.86. The summed E-state index contributed by atoms with van der Waals surface area (Å²) in [7, 11) is 1.63. The molecule has 1 aromatic carbocycles. The molecule has 0 spiro atoms. The first-order valence-corrected chi connectivity index (χ1v) is 6.83. The van der Waals surface area contributed by atoms with Crippen LogP contribution in [0.25, 0.3) is 0 Å². The molecule has 0 unspecified atom stereocenters. The Balaban J connectivity index is 2.46. The zero-order valence-corrected chi connectivity index (χ0v) is 13.2. The molecule has 1 aromatic heterocycles. The van der Waals surface area contributed by atoms with Crippen molar-refractivity contribution in [3.63, 3.8) is 0 Å². The van der Waals surface area contributed by atoms with Gasteiger partial charge in [-0.05, 0) is 23.6 Å². The Kier molecular flexibility index (Phi) is 4.23. The van der Waals surface area contributed by atoms with E-state index in [-0.39, 0.29) is 17.2 Å². The molecule has 0 atom stereocenters. The van der Waals surface area contributed by atoms with Gasteiger partial charge in [0, 0.05) is 5.56 Å². The molecule has 0 radical (unpaired) electrons. The molecule has 2 aromatic rings. The van der Waals surface area contributed by atoms with E-state index in [1.54, 1.807) is 7.11 Å². The lowest BCUT2D eigenvalue weighted by Gasteiger charge is -2.23. The molecule has 0 aliphatic rings. The number of anilines is 1. The smallest absolute Gasteiger partial charge is 0.243 e. The van der Waals surface area contributed by atoms with Crippen molar-refractivity contribution in [2.45, 2.75) is 26.2 Å². The Bertz CT molecular complexity index is 654. The van der Waals surface area contributed by atoms with Crippen LogP contribution in [0.4, 0.5) is 5.95 Å². The summed E-state index contributed by atoms with van der Waals surface area (Å²) in [6.07, 6.45) is 1.42. The molecule has 0 fully saturated rings. The predicted octanol–water partition coefficient (Wildman–Crippen LogP) is 3.81. The number of benzene rings is 1. The number of hydrogen-bond acceptors (Lipinski definition) is 5. The van der Waals surface area contributed by atoms with Crippen molar-refractivity contribution < 1.29 is 9.47 Å². The summed E-state index contributed by atoms with van der Waals surface area (Å²) in [5.74, 6) is 1.77. The highest BCUT2D eigenvalue weighted by Crippen LogP contribution is 2.37. The molecule has 0 aliphatic heterocycles. The van der Waals surface area contributed by atoms with Gasteiger partial charge in [0.05, 0.1) is 13.3 Å². The van der Waals surface area contributed by atoms with Crippen LogP contribution in [0.5, 0.6) is 17.4 Å². The van der Waals surface area contributed by atoms with Gasteiger partial charge >= 0.3 is 0 Å². The summed E-state index contributed by atoms with van der Waals surface area (Å²) < 4.78 is 11.1. The van der Waals surface area contributed by atoms with E-state index in [0.29, 0.717) is 10.8 Å². The number of hydrogen-bond donors (Lipinski definition) is 1. The van der Waals surface area contributed by atoms with E-state index in [9.17, 15) is 0 Å². The fourth-order valence-electron chi connectivity index (χ4n) is 1.85. The monoisotopic (exact) mass is 307 g/mol. The average Bonchev–Trinajstić information content (AvgIpc) is 2.42. The molecule has 112 valence electrons. The third kappa shape index (κ3) is 3.55. The van der Waals surface area contributed by atoms with Crippen molar-refractivity contribution in [2.75, 3.05) is 12.8 Å². The number of nitrogens with zero attached hydrogens (tertiary/aromatic N) is 2. The highest BCUT2D eigenvalue weighted by atomic mass is 35.5. The van der Waals surface area contributed by atoms with Crippen molar-refractivity contribution in [2.24, 2.45) is 0 Å². The summed E-state index contributed by atoms with van der Waals surface area (Å²) in [6, 6.07) is 5.59. The molecule has 0 amide bonds. The van der Waals surface area contributed by atoms with Gasteiger partial charge in [0.2, 0.25) is 11.8 Å². The third-order valence-electron chi connectivity index (χ3n) is 2.93. The van der Waals surface area contributed by atoms with Gasteiger partial charge in [-0.2, -0.15) is 4.98 Å². The molecule has 0 aliphatic carbocycles. The second-order valence-corrected chi connectivity index (χ2v) is 6.00. The molecule has 21 heavy (non-hydrogen) atoms. The summed E-state index contributed by atoms with van der Waals surface area (Å²) >= 11 is 6.04. The molecule has 6 heteroatoms. The van der Waals surface area contributed by atoms with Gasteiger partial charge in [0.25, 0.3) is 0 Å². The fraction of sp³-hybridized carbons (Fsp3) is 0.333. The maximum atomic E-state index is 6.04.